The number of aryl methyl sites for hydroxylation is 3. The molecule has 7 nitrogen and oxygen atoms in total. The summed E-state index contributed by atoms with van der Waals surface area (Å²) >= 11 is 0. The zero-order valence-corrected chi connectivity index (χ0v) is 36.6. The molecule has 9 aromatic carbocycles. The molecule has 0 atom stereocenters. The Morgan fingerprint density at radius 1 is 0.303 bits per heavy atom. The first-order valence-electron chi connectivity index (χ1n) is 22.4. The van der Waals surface area contributed by atoms with E-state index in [4.69, 9.17) is 19.9 Å². The molecule has 13 aromatic rings. The maximum Gasteiger partial charge on any atom is 0.164 e. The van der Waals surface area contributed by atoms with E-state index in [9.17, 15) is 0 Å². The topological polar surface area (TPSA) is 66.3 Å². The maximum atomic E-state index is 5.68. The van der Waals surface area contributed by atoms with Crippen molar-refractivity contribution in [3.8, 4) is 51.5 Å². The van der Waals surface area contributed by atoms with Crippen molar-refractivity contribution in [1.29, 1.82) is 0 Å². The van der Waals surface area contributed by atoms with Crippen LogP contribution in [0.4, 0.5) is 0 Å². The van der Waals surface area contributed by atoms with Gasteiger partial charge in [-0.25, -0.2) is 19.9 Å². The Hall–Kier alpha value is -8.68. The van der Waals surface area contributed by atoms with E-state index < -0.39 is 0 Å². The highest BCUT2D eigenvalue weighted by atomic mass is 15.1. The molecule has 312 valence electrons. The van der Waals surface area contributed by atoms with Crippen LogP contribution >= 0.6 is 0 Å². The summed E-state index contributed by atoms with van der Waals surface area (Å²) in [4.78, 5) is 22.2. The third-order valence-electron chi connectivity index (χ3n) is 13.0. The van der Waals surface area contributed by atoms with Crippen LogP contribution in [0.3, 0.4) is 0 Å². The van der Waals surface area contributed by atoms with E-state index in [1.165, 1.54) is 0 Å². The number of pyridine rings is 1. The van der Waals surface area contributed by atoms with Crippen molar-refractivity contribution < 1.29 is 0 Å². The highest BCUT2D eigenvalue weighted by Crippen LogP contribution is 2.40. The second-order valence-electron chi connectivity index (χ2n) is 17.4. The molecule has 0 N–H and O–H groups in total. The molecule has 66 heavy (non-hydrogen) atoms. The molecule has 4 heterocycles. The van der Waals surface area contributed by atoms with Crippen LogP contribution in [0, 0.1) is 20.8 Å². The van der Waals surface area contributed by atoms with Crippen molar-refractivity contribution in [3.63, 3.8) is 0 Å². The molecule has 0 saturated carbocycles. The fourth-order valence-corrected chi connectivity index (χ4v) is 9.94. The van der Waals surface area contributed by atoms with Gasteiger partial charge in [0.05, 0.1) is 50.2 Å². The first kappa shape index (κ1) is 37.8. The lowest BCUT2D eigenvalue weighted by atomic mass is 10.1. The van der Waals surface area contributed by atoms with Gasteiger partial charge in [0.2, 0.25) is 0 Å². The van der Waals surface area contributed by atoms with Crippen LogP contribution < -0.4 is 0 Å². The number of aromatic nitrogens is 7. The molecule has 13 rings (SSSR count). The number of imidazole rings is 3. The van der Waals surface area contributed by atoms with E-state index >= 15 is 0 Å². The largest absolute Gasteiger partial charge is 0.292 e. The minimum atomic E-state index is 0.699. The zero-order valence-electron chi connectivity index (χ0n) is 36.6. The Morgan fingerprint density at radius 2 is 0.636 bits per heavy atom. The molecule has 0 spiro atoms. The Kier molecular flexibility index (Phi) is 8.42. The highest BCUT2D eigenvalue weighted by Gasteiger charge is 2.25. The Balaban J connectivity index is 1.17. The molecule has 0 aliphatic heterocycles. The summed E-state index contributed by atoms with van der Waals surface area (Å²) in [6, 6.07) is 69.0. The van der Waals surface area contributed by atoms with Crippen molar-refractivity contribution in [2.24, 2.45) is 0 Å². The average molecular weight is 848 g/mol. The summed E-state index contributed by atoms with van der Waals surface area (Å²) in [5.74, 6) is 2.24. The lowest BCUT2D eigenvalue weighted by molar-refractivity contribution is 1.06. The number of nitrogens with zero attached hydrogens (tertiary/aromatic N) is 7. The molecule has 7 heteroatoms. The number of benzene rings is 9. The van der Waals surface area contributed by atoms with Gasteiger partial charge < -0.3 is 0 Å². The molecular formula is C59H41N7. The Labute approximate surface area is 380 Å². The van der Waals surface area contributed by atoms with Crippen molar-refractivity contribution in [1.82, 2.24) is 33.6 Å². The van der Waals surface area contributed by atoms with E-state index in [0.29, 0.717) is 11.4 Å². The Morgan fingerprint density at radius 3 is 1.03 bits per heavy atom. The number of hydrogen-bond donors (Lipinski definition) is 0. The van der Waals surface area contributed by atoms with E-state index in [-0.39, 0.29) is 0 Å². The van der Waals surface area contributed by atoms with Crippen LogP contribution in [0.25, 0.3) is 117 Å². The lowest BCUT2D eigenvalue weighted by Crippen LogP contribution is -2.05. The first-order chi connectivity index (χ1) is 32.4. The quantitative estimate of drug-likeness (QED) is 0.167. The van der Waals surface area contributed by atoms with Gasteiger partial charge in [0.1, 0.15) is 17.2 Å². The molecule has 0 fully saturated rings. The normalized spacial score (nSPS) is 11.9. The van der Waals surface area contributed by atoms with Gasteiger partial charge in [-0.3, -0.25) is 13.7 Å². The van der Waals surface area contributed by atoms with Crippen molar-refractivity contribution >= 4 is 65.4 Å². The summed E-state index contributed by atoms with van der Waals surface area (Å²) < 4.78 is 6.87. The lowest BCUT2D eigenvalue weighted by Gasteiger charge is -2.16. The third-order valence-corrected chi connectivity index (χ3v) is 13.0. The van der Waals surface area contributed by atoms with Crippen LogP contribution in [-0.4, -0.2) is 33.6 Å². The second-order valence-corrected chi connectivity index (χ2v) is 17.4. The van der Waals surface area contributed by atoms with Gasteiger partial charge in [-0.05, 0) is 120 Å². The molecule has 4 aromatic heterocycles. The van der Waals surface area contributed by atoms with Gasteiger partial charge in [0.25, 0.3) is 0 Å². The predicted molar refractivity (Wildman–Crippen MR) is 271 cm³/mol. The minimum absolute atomic E-state index is 0.699. The fraction of sp³-hybridized carbons (Fsp3) is 0.0508. The summed E-state index contributed by atoms with van der Waals surface area (Å²) in [6.07, 6.45) is 0. The van der Waals surface area contributed by atoms with Crippen LogP contribution in [0.1, 0.15) is 16.7 Å². The van der Waals surface area contributed by atoms with Gasteiger partial charge in [0.15, 0.2) is 11.6 Å². The molecule has 0 aliphatic carbocycles. The van der Waals surface area contributed by atoms with Crippen LogP contribution in [0.2, 0.25) is 0 Å². The second kappa shape index (κ2) is 14.7. The van der Waals surface area contributed by atoms with E-state index in [1.54, 1.807) is 0 Å². The van der Waals surface area contributed by atoms with E-state index in [1.807, 2.05) is 0 Å². The van der Waals surface area contributed by atoms with Crippen LogP contribution in [0.15, 0.2) is 194 Å². The molecule has 0 radical (unpaired) electrons. The average Bonchev–Trinajstić information content (AvgIpc) is 4.04. The summed E-state index contributed by atoms with van der Waals surface area (Å²) in [5, 5.41) is 6.84. The molecule has 0 aliphatic rings. The Bertz CT molecular complexity index is 3660. The smallest absolute Gasteiger partial charge is 0.164 e. The fourth-order valence-electron chi connectivity index (χ4n) is 9.94. The molecule has 0 unspecified atom stereocenters. The number of hydrogen-bond acceptors (Lipinski definition) is 4. The summed E-state index contributed by atoms with van der Waals surface area (Å²) in [6.45, 7) is 6.36. The van der Waals surface area contributed by atoms with Gasteiger partial charge in [-0.15, -0.1) is 0 Å². The zero-order chi connectivity index (χ0) is 44.0. The molecule has 0 saturated heterocycles. The number of rotatable bonds is 6. The first-order valence-corrected chi connectivity index (χ1v) is 22.4. The molecule has 0 amide bonds. The van der Waals surface area contributed by atoms with Gasteiger partial charge in [0, 0.05) is 21.7 Å². The van der Waals surface area contributed by atoms with Gasteiger partial charge >= 0.3 is 0 Å². The van der Waals surface area contributed by atoms with E-state index in [0.717, 1.165) is 122 Å². The SMILES string of the molecule is Cc1ccc2c(c1)nc(-c1cc(-c3nc4cc(C)ccc4n3-c3cccc4ccccc34)nc(-c3nc4cc(C)ccc4n3-c3cccc4ccccc34)c1)n2-c1cccc2ccccc12. The van der Waals surface area contributed by atoms with Gasteiger partial charge in [-0.2, -0.15) is 0 Å². The van der Waals surface area contributed by atoms with Crippen molar-refractivity contribution in [2.45, 2.75) is 20.8 Å². The number of fused-ring (bicyclic) bond motifs is 6. The van der Waals surface area contributed by atoms with Crippen molar-refractivity contribution in [3.05, 3.63) is 211 Å². The standard InChI is InChI=1S/C59H41N7/c1-36-25-28-54-46(31-36)61-57(64(54)51-22-10-16-39-13-4-7-19-43(39)51)42-34-49(58-62-47-32-37(2)26-29-55(47)65(58)52-23-11-17-40-14-5-8-20-44(40)52)60-50(35-42)59-63-48-33-38(3)27-30-56(48)66(59)53-24-12-18-41-15-6-9-21-45(41)53/h4-35H,1-3H3. The summed E-state index contributed by atoms with van der Waals surface area (Å²) in [7, 11) is 0. The van der Waals surface area contributed by atoms with Crippen LogP contribution in [-0.2, 0) is 0 Å². The molecular weight excluding hydrogens is 807 g/mol. The summed E-state index contributed by atoms with van der Waals surface area (Å²) in [5.41, 5.74) is 14.5. The van der Waals surface area contributed by atoms with E-state index in [2.05, 4.69) is 229 Å². The minimum Gasteiger partial charge on any atom is -0.292 e. The third kappa shape index (κ3) is 5.97. The maximum absolute atomic E-state index is 5.68. The monoisotopic (exact) mass is 847 g/mol. The van der Waals surface area contributed by atoms with Gasteiger partial charge in [-0.1, -0.05) is 127 Å². The van der Waals surface area contributed by atoms with Crippen molar-refractivity contribution in [2.75, 3.05) is 0 Å². The predicted octanol–water partition coefficient (Wildman–Crippen LogP) is 14.5. The van der Waals surface area contributed by atoms with Crippen LogP contribution in [0.5, 0.6) is 0 Å². The highest BCUT2D eigenvalue weighted by molar-refractivity contribution is 5.98. The molecule has 0 bridgehead atoms.